The number of anilines is 1. The molecule has 22 heavy (non-hydrogen) atoms. The van der Waals surface area contributed by atoms with Crippen molar-refractivity contribution >= 4 is 33.3 Å². The zero-order valence-electron chi connectivity index (χ0n) is 11.2. The number of rotatable bonds is 3. The quantitative estimate of drug-likeness (QED) is 0.787. The number of hydrogen-bond donors (Lipinski definition) is 1. The Morgan fingerprint density at radius 2 is 2.18 bits per heavy atom. The molecule has 0 fully saturated rings. The molecule has 0 radical (unpaired) electrons. The molecule has 3 aromatic rings. The number of thiazole rings is 1. The van der Waals surface area contributed by atoms with Crippen molar-refractivity contribution in [2.24, 2.45) is 0 Å². The summed E-state index contributed by atoms with van der Waals surface area (Å²) in [5.74, 6) is -0.405. The van der Waals surface area contributed by atoms with Crippen LogP contribution in [0.4, 0.5) is 5.13 Å². The fourth-order valence-corrected chi connectivity index (χ4v) is 2.55. The molecule has 0 aliphatic rings. The fourth-order valence-electron chi connectivity index (χ4n) is 1.92. The topological polar surface area (TPSA) is 101 Å². The Hall–Kier alpha value is -3.05. The number of amides is 1. The lowest BCUT2D eigenvalue weighted by atomic mass is 10.2. The Morgan fingerprint density at radius 3 is 2.95 bits per heavy atom. The van der Waals surface area contributed by atoms with E-state index >= 15 is 0 Å². The number of fused-ring (bicyclic) bond motifs is 1. The lowest BCUT2D eigenvalue weighted by Crippen LogP contribution is -2.27. The van der Waals surface area contributed by atoms with Gasteiger partial charge >= 0.3 is 0 Å². The van der Waals surface area contributed by atoms with Crippen molar-refractivity contribution in [1.29, 1.82) is 5.26 Å². The van der Waals surface area contributed by atoms with E-state index in [0.717, 1.165) is 11.3 Å². The average molecular weight is 311 g/mol. The Labute approximate surface area is 128 Å². The van der Waals surface area contributed by atoms with E-state index in [4.69, 9.17) is 5.26 Å². The molecule has 0 saturated heterocycles. The third kappa shape index (κ3) is 2.70. The lowest BCUT2D eigenvalue weighted by molar-refractivity contribution is -0.116. The fraction of sp³-hybridized carbons (Fsp3) is 0.0714. The van der Waals surface area contributed by atoms with Crippen LogP contribution in [0.2, 0.25) is 0 Å². The van der Waals surface area contributed by atoms with Crippen LogP contribution in [0.5, 0.6) is 0 Å². The van der Waals surface area contributed by atoms with Gasteiger partial charge in [0, 0.05) is 0 Å². The standard InChI is InChI=1S/C14H9N5O2S/c15-5-9-6-16-14(22-9)18-12(20)7-19-8-17-11-4-2-1-3-10(11)13(19)21/h1-4,6,8H,7H2,(H,16,18,20). The van der Waals surface area contributed by atoms with E-state index in [1.165, 1.54) is 17.1 Å². The number of aromatic nitrogens is 3. The summed E-state index contributed by atoms with van der Waals surface area (Å²) >= 11 is 1.07. The third-order valence-corrected chi connectivity index (χ3v) is 3.73. The van der Waals surface area contributed by atoms with Crippen molar-refractivity contribution in [2.75, 3.05) is 5.32 Å². The van der Waals surface area contributed by atoms with Gasteiger partial charge in [-0.3, -0.25) is 14.2 Å². The van der Waals surface area contributed by atoms with Crippen LogP contribution < -0.4 is 10.9 Å². The van der Waals surface area contributed by atoms with Gasteiger partial charge in [-0.05, 0) is 12.1 Å². The van der Waals surface area contributed by atoms with Gasteiger partial charge in [-0.1, -0.05) is 23.5 Å². The zero-order valence-corrected chi connectivity index (χ0v) is 12.0. The predicted molar refractivity (Wildman–Crippen MR) is 81.5 cm³/mol. The molecule has 108 valence electrons. The predicted octanol–water partition coefficient (Wildman–Crippen LogP) is 1.36. The highest BCUT2D eigenvalue weighted by atomic mass is 32.1. The summed E-state index contributed by atoms with van der Waals surface area (Å²) in [5, 5.41) is 12.0. The molecular weight excluding hydrogens is 302 g/mol. The van der Waals surface area contributed by atoms with Crippen LogP contribution in [-0.4, -0.2) is 20.4 Å². The van der Waals surface area contributed by atoms with Crippen molar-refractivity contribution in [3.05, 3.63) is 52.0 Å². The normalized spacial score (nSPS) is 10.3. The highest BCUT2D eigenvalue weighted by molar-refractivity contribution is 7.16. The number of hydrogen-bond acceptors (Lipinski definition) is 6. The Kier molecular flexibility index (Phi) is 3.64. The molecule has 2 aromatic heterocycles. The number of carbonyl (C=O) groups excluding carboxylic acids is 1. The second-order valence-electron chi connectivity index (χ2n) is 4.38. The second kappa shape index (κ2) is 5.75. The van der Waals surface area contributed by atoms with Crippen molar-refractivity contribution in [3.8, 4) is 6.07 Å². The second-order valence-corrected chi connectivity index (χ2v) is 5.42. The average Bonchev–Trinajstić information content (AvgIpc) is 2.98. The summed E-state index contributed by atoms with van der Waals surface area (Å²) in [5.41, 5.74) is 0.306. The molecule has 1 aromatic carbocycles. The molecule has 0 saturated carbocycles. The molecular formula is C14H9N5O2S. The number of para-hydroxylation sites is 1. The van der Waals surface area contributed by atoms with Gasteiger partial charge in [0.05, 0.1) is 23.4 Å². The smallest absolute Gasteiger partial charge is 0.261 e. The molecule has 0 spiro atoms. The highest BCUT2D eigenvalue weighted by Gasteiger charge is 2.10. The van der Waals surface area contributed by atoms with E-state index < -0.39 is 5.91 Å². The first kappa shape index (κ1) is 13.9. The van der Waals surface area contributed by atoms with Gasteiger partial charge in [0.2, 0.25) is 5.91 Å². The van der Waals surface area contributed by atoms with Crippen LogP contribution in [0.1, 0.15) is 4.88 Å². The van der Waals surface area contributed by atoms with Crippen LogP contribution >= 0.6 is 11.3 Å². The number of nitrogens with zero attached hydrogens (tertiary/aromatic N) is 4. The molecule has 1 N–H and O–H groups in total. The zero-order chi connectivity index (χ0) is 15.5. The maximum Gasteiger partial charge on any atom is 0.261 e. The Balaban J connectivity index is 1.81. The van der Waals surface area contributed by atoms with E-state index in [-0.39, 0.29) is 12.1 Å². The first-order valence-electron chi connectivity index (χ1n) is 6.27. The van der Waals surface area contributed by atoms with E-state index in [1.807, 2.05) is 6.07 Å². The van der Waals surface area contributed by atoms with Gasteiger partial charge in [-0.2, -0.15) is 5.26 Å². The summed E-state index contributed by atoms with van der Waals surface area (Å²) < 4.78 is 1.23. The maximum atomic E-state index is 12.3. The largest absolute Gasteiger partial charge is 0.300 e. The van der Waals surface area contributed by atoms with Crippen molar-refractivity contribution in [3.63, 3.8) is 0 Å². The number of carbonyl (C=O) groups is 1. The first-order chi connectivity index (χ1) is 10.7. The monoisotopic (exact) mass is 311 g/mol. The van der Waals surface area contributed by atoms with Gasteiger partial charge in [0.25, 0.3) is 5.56 Å². The van der Waals surface area contributed by atoms with Crippen molar-refractivity contribution in [1.82, 2.24) is 14.5 Å². The number of nitrogens with one attached hydrogen (secondary N) is 1. The van der Waals surface area contributed by atoms with Gasteiger partial charge in [-0.15, -0.1) is 0 Å². The van der Waals surface area contributed by atoms with Crippen LogP contribution in [0.25, 0.3) is 10.9 Å². The van der Waals surface area contributed by atoms with E-state index in [1.54, 1.807) is 24.3 Å². The van der Waals surface area contributed by atoms with E-state index in [9.17, 15) is 9.59 Å². The van der Waals surface area contributed by atoms with Gasteiger partial charge in [0.15, 0.2) is 5.13 Å². The summed E-state index contributed by atoms with van der Waals surface area (Å²) in [6.45, 7) is -0.169. The minimum atomic E-state index is -0.405. The van der Waals surface area contributed by atoms with Gasteiger partial charge in [-0.25, -0.2) is 9.97 Å². The summed E-state index contributed by atoms with van der Waals surface area (Å²) in [4.78, 5) is 32.7. The van der Waals surface area contributed by atoms with Gasteiger partial charge < -0.3 is 5.32 Å². The van der Waals surface area contributed by atoms with Crippen molar-refractivity contribution in [2.45, 2.75) is 6.54 Å². The van der Waals surface area contributed by atoms with Crippen LogP contribution in [0, 0.1) is 11.3 Å². The van der Waals surface area contributed by atoms with Crippen LogP contribution in [-0.2, 0) is 11.3 Å². The molecule has 7 nitrogen and oxygen atoms in total. The molecule has 2 heterocycles. The van der Waals surface area contributed by atoms with E-state index in [2.05, 4.69) is 15.3 Å². The summed E-state index contributed by atoms with van der Waals surface area (Å²) in [6.07, 6.45) is 2.72. The molecule has 0 aliphatic carbocycles. The minimum absolute atomic E-state index is 0.169. The van der Waals surface area contributed by atoms with E-state index in [0.29, 0.717) is 20.9 Å². The molecule has 0 bridgehead atoms. The molecule has 1 amide bonds. The molecule has 0 atom stereocenters. The summed E-state index contributed by atoms with van der Waals surface area (Å²) in [6, 6.07) is 8.88. The Bertz CT molecular complexity index is 954. The van der Waals surface area contributed by atoms with Gasteiger partial charge in [0.1, 0.15) is 17.5 Å². The highest BCUT2D eigenvalue weighted by Crippen LogP contribution is 2.16. The molecule has 0 aliphatic heterocycles. The van der Waals surface area contributed by atoms with Crippen LogP contribution in [0.15, 0.2) is 41.6 Å². The molecule has 0 unspecified atom stereocenters. The molecule has 8 heteroatoms. The van der Waals surface area contributed by atoms with Crippen LogP contribution in [0.3, 0.4) is 0 Å². The number of nitriles is 1. The molecule has 3 rings (SSSR count). The first-order valence-corrected chi connectivity index (χ1v) is 7.09. The van der Waals surface area contributed by atoms with Crippen molar-refractivity contribution < 1.29 is 4.79 Å². The number of benzene rings is 1. The minimum Gasteiger partial charge on any atom is -0.300 e. The maximum absolute atomic E-state index is 12.3. The Morgan fingerprint density at radius 1 is 1.36 bits per heavy atom. The summed E-state index contributed by atoms with van der Waals surface area (Å²) in [7, 11) is 0. The SMILES string of the molecule is N#Cc1cnc(NC(=O)Cn2cnc3ccccc3c2=O)s1. The third-order valence-electron chi connectivity index (χ3n) is 2.91. The lowest BCUT2D eigenvalue weighted by Gasteiger charge is -2.06.